The Kier molecular flexibility index (Phi) is 5.55. The van der Waals surface area contributed by atoms with Crippen LogP contribution in [-0.4, -0.2) is 22.8 Å². The Balaban J connectivity index is 1.73. The van der Waals surface area contributed by atoms with E-state index in [2.05, 4.69) is 5.32 Å². The molecule has 0 saturated heterocycles. The minimum atomic E-state index is -0.257. The van der Waals surface area contributed by atoms with Crippen LogP contribution in [0.2, 0.25) is 5.02 Å². The zero-order chi connectivity index (χ0) is 21.1. The number of hydrogen-bond donors (Lipinski definition) is 1. The van der Waals surface area contributed by atoms with Crippen molar-refractivity contribution in [2.24, 2.45) is 0 Å². The minimum absolute atomic E-state index is 0.257. The highest BCUT2D eigenvalue weighted by atomic mass is 35.5. The summed E-state index contributed by atoms with van der Waals surface area (Å²) >= 11 is 6.03. The maximum Gasteiger partial charge on any atom is 0.256 e. The molecule has 0 aliphatic rings. The number of methoxy groups -OCH3 is 1. The molecule has 0 saturated carbocycles. The van der Waals surface area contributed by atoms with Gasteiger partial charge >= 0.3 is 0 Å². The molecule has 1 aromatic heterocycles. The first-order valence-electron chi connectivity index (χ1n) is 9.42. The number of benzene rings is 3. The van der Waals surface area contributed by atoms with Gasteiger partial charge in [-0.3, -0.25) is 4.79 Å². The second kappa shape index (κ2) is 8.43. The lowest BCUT2D eigenvalue weighted by atomic mass is 10.1. The summed E-state index contributed by atoms with van der Waals surface area (Å²) in [5.74, 6) is 1.08. The number of aromatic nitrogens is 2. The summed E-state index contributed by atoms with van der Waals surface area (Å²) in [6.07, 6.45) is 0. The Morgan fingerprint density at radius 2 is 1.73 bits per heavy atom. The largest absolute Gasteiger partial charge is 0.497 e. The number of nitrogens with zero attached hydrogens (tertiary/aromatic N) is 2. The molecule has 0 fully saturated rings. The van der Waals surface area contributed by atoms with Crippen molar-refractivity contribution in [1.29, 1.82) is 0 Å². The molecular weight excluding hydrogens is 398 g/mol. The Morgan fingerprint density at radius 3 is 2.40 bits per heavy atom. The van der Waals surface area contributed by atoms with Gasteiger partial charge in [-0.2, -0.15) is 5.10 Å². The van der Waals surface area contributed by atoms with E-state index in [-0.39, 0.29) is 5.91 Å². The number of hydrogen-bond acceptors (Lipinski definition) is 3. The smallest absolute Gasteiger partial charge is 0.256 e. The first-order chi connectivity index (χ1) is 14.5. The van der Waals surface area contributed by atoms with Crippen molar-refractivity contribution in [3.8, 4) is 22.7 Å². The Bertz CT molecular complexity index is 1180. The van der Waals surface area contributed by atoms with Crippen LogP contribution >= 0.6 is 11.6 Å². The van der Waals surface area contributed by atoms with E-state index in [1.54, 1.807) is 36.1 Å². The molecule has 0 bridgehead atoms. The average molecular weight is 418 g/mol. The van der Waals surface area contributed by atoms with Gasteiger partial charge in [0, 0.05) is 22.2 Å². The van der Waals surface area contributed by atoms with E-state index < -0.39 is 0 Å². The second-order valence-corrected chi connectivity index (χ2v) is 7.29. The van der Waals surface area contributed by atoms with Gasteiger partial charge in [0.1, 0.15) is 11.6 Å². The number of halogens is 1. The zero-order valence-corrected chi connectivity index (χ0v) is 17.4. The molecule has 0 aliphatic heterocycles. The van der Waals surface area contributed by atoms with Gasteiger partial charge in [0.2, 0.25) is 0 Å². The van der Waals surface area contributed by atoms with Gasteiger partial charge in [0.05, 0.1) is 18.5 Å². The molecule has 1 N–H and O–H groups in total. The highest BCUT2D eigenvalue weighted by Crippen LogP contribution is 2.27. The number of nitrogens with one attached hydrogen (secondary N) is 1. The van der Waals surface area contributed by atoms with Crippen molar-refractivity contribution in [2.45, 2.75) is 6.92 Å². The fourth-order valence-electron chi connectivity index (χ4n) is 3.07. The van der Waals surface area contributed by atoms with Crippen LogP contribution in [0.5, 0.6) is 5.75 Å². The summed E-state index contributed by atoms with van der Waals surface area (Å²) in [6.45, 7) is 2.03. The van der Waals surface area contributed by atoms with Crippen molar-refractivity contribution < 1.29 is 9.53 Å². The molecule has 5 nitrogen and oxygen atoms in total. The zero-order valence-electron chi connectivity index (χ0n) is 16.6. The number of rotatable bonds is 5. The molecular formula is C24H20ClN3O2. The topological polar surface area (TPSA) is 56.1 Å². The van der Waals surface area contributed by atoms with Crippen molar-refractivity contribution in [3.63, 3.8) is 0 Å². The number of aryl methyl sites for hydroxylation is 1. The Hall–Kier alpha value is -3.57. The normalized spacial score (nSPS) is 10.6. The van der Waals surface area contributed by atoms with E-state index >= 15 is 0 Å². The molecule has 0 unspecified atom stereocenters. The van der Waals surface area contributed by atoms with E-state index in [0.29, 0.717) is 16.4 Å². The molecule has 30 heavy (non-hydrogen) atoms. The summed E-state index contributed by atoms with van der Waals surface area (Å²) in [5.41, 5.74) is 4.12. The minimum Gasteiger partial charge on any atom is -0.497 e. The average Bonchev–Trinajstić information content (AvgIpc) is 3.18. The van der Waals surface area contributed by atoms with Gasteiger partial charge in [-0.15, -0.1) is 0 Å². The number of anilines is 1. The number of amides is 1. The molecule has 4 rings (SSSR count). The lowest BCUT2D eigenvalue weighted by molar-refractivity contribution is 0.102. The summed E-state index contributed by atoms with van der Waals surface area (Å²) < 4.78 is 6.96. The molecule has 0 radical (unpaired) electrons. The fraction of sp³-hybridized carbons (Fsp3) is 0.0833. The van der Waals surface area contributed by atoms with Gasteiger partial charge in [-0.05, 0) is 61.5 Å². The molecule has 0 spiro atoms. The molecule has 1 amide bonds. The summed E-state index contributed by atoms with van der Waals surface area (Å²) in [7, 11) is 1.63. The Labute approximate surface area is 179 Å². The van der Waals surface area contributed by atoms with Crippen LogP contribution in [0.1, 0.15) is 15.9 Å². The molecule has 4 aromatic rings. The molecule has 150 valence electrons. The van der Waals surface area contributed by atoms with Crippen molar-refractivity contribution in [3.05, 3.63) is 95.0 Å². The van der Waals surface area contributed by atoms with Crippen LogP contribution in [0.3, 0.4) is 0 Å². The van der Waals surface area contributed by atoms with Crippen molar-refractivity contribution in [2.75, 3.05) is 12.4 Å². The summed E-state index contributed by atoms with van der Waals surface area (Å²) in [4.78, 5) is 12.8. The Morgan fingerprint density at radius 1 is 1.00 bits per heavy atom. The van der Waals surface area contributed by atoms with Crippen LogP contribution in [0.25, 0.3) is 16.9 Å². The summed E-state index contributed by atoms with van der Waals surface area (Å²) in [5, 5.41) is 8.20. The standard InChI is InChI=1S/C24H20ClN3O2/c1-16-6-10-20(11-7-16)28-23(26-24(29)18-4-3-5-19(25)14-18)15-22(27-28)17-8-12-21(30-2)13-9-17/h3-15H,1-2H3,(H,26,29). The molecule has 0 aliphatic carbocycles. The monoisotopic (exact) mass is 417 g/mol. The first kappa shape index (κ1) is 19.7. The molecule has 6 heteroatoms. The molecule has 3 aromatic carbocycles. The highest BCUT2D eigenvalue weighted by molar-refractivity contribution is 6.31. The van der Waals surface area contributed by atoms with E-state index in [1.807, 2.05) is 61.5 Å². The maximum atomic E-state index is 12.8. The van der Waals surface area contributed by atoms with Gasteiger partial charge < -0.3 is 10.1 Å². The predicted molar refractivity (Wildman–Crippen MR) is 120 cm³/mol. The van der Waals surface area contributed by atoms with E-state index in [0.717, 1.165) is 28.3 Å². The maximum absolute atomic E-state index is 12.8. The lowest BCUT2D eigenvalue weighted by Gasteiger charge is -2.09. The first-order valence-corrected chi connectivity index (χ1v) is 9.80. The lowest BCUT2D eigenvalue weighted by Crippen LogP contribution is -2.15. The number of ether oxygens (including phenoxy) is 1. The van der Waals surface area contributed by atoms with E-state index in [4.69, 9.17) is 21.4 Å². The number of carbonyl (C=O) groups excluding carboxylic acids is 1. The van der Waals surface area contributed by atoms with Crippen LogP contribution in [0.4, 0.5) is 5.82 Å². The van der Waals surface area contributed by atoms with E-state index in [1.165, 1.54) is 0 Å². The van der Waals surface area contributed by atoms with Crippen LogP contribution in [0, 0.1) is 6.92 Å². The second-order valence-electron chi connectivity index (χ2n) is 6.86. The van der Waals surface area contributed by atoms with Crippen LogP contribution in [0.15, 0.2) is 78.9 Å². The third-order valence-corrected chi connectivity index (χ3v) is 4.94. The van der Waals surface area contributed by atoms with Gasteiger partial charge in [-0.25, -0.2) is 4.68 Å². The predicted octanol–water partition coefficient (Wildman–Crippen LogP) is 5.76. The van der Waals surface area contributed by atoms with E-state index in [9.17, 15) is 4.79 Å². The summed E-state index contributed by atoms with van der Waals surface area (Å²) in [6, 6.07) is 24.3. The van der Waals surface area contributed by atoms with Gasteiger partial charge in [0.15, 0.2) is 0 Å². The van der Waals surface area contributed by atoms with Crippen molar-refractivity contribution >= 4 is 23.3 Å². The molecule has 0 atom stereocenters. The number of carbonyl (C=O) groups is 1. The van der Waals surface area contributed by atoms with Crippen molar-refractivity contribution in [1.82, 2.24) is 9.78 Å². The quantitative estimate of drug-likeness (QED) is 0.449. The van der Waals surface area contributed by atoms with Crippen LogP contribution < -0.4 is 10.1 Å². The highest BCUT2D eigenvalue weighted by Gasteiger charge is 2.15. The van der Waals surface area contributed by atoms with Crippen LogP contribution in [-0.2, 0) is 0 Å². The van der Waals surface area contributed by atoms with Gasteiger partial charge in [0.25, 0.3) is 5.91 Å². The fourth-order valence-corrected chi connectivity index (χ4v) is 3.26. The third-order valence-electron chi connectivity index (χ3n) is 4.70. The SMILES string of the molecule is COc1ccc(-c2cc(NC(=O)c3cccc(Cl)c3)n(-c3ccc(C)cc3)n2)cc1. The molecule has 1 heterocycles. The third kappa shape index (κ3) is 4.21. The van der Waals surface area contributed by atoms with Gasteiger partial charge in [-0.1, -0.05) is 35.4 Å².